The molecular formula is C22H39N5S. The Labute approximate surface area is 176 Å². The summed E-state index contributed by atoms with van der Waals surface area (Å²) in [5.74, 6) is 2.16. The number of guanidine groups is 1. The van der Waals surface area contributed by atoms with Crippen molar-refractivity contribution in [2.45, 2.75) is 39.8 Å². The maximum atomic E-state index is 4.84. The Hall–Kier alpha value is -1.24. The lowest BCUT2D eigenvalue weighted by atomic mass is 10.1. The van der Waals surface area contributed by atoms with E-state index in [4.69, 9.17) is 4.99 Å². The minimum Gasteiger partial charge on any atom is -0.357 e. The van der Waals surface area contributed by atoms with E-state index in [1.807, 2.05) is 11.8 Å². The zero-order valence-electron chi connectivity index (χ0n) is 18.0. The average Bonchev–Trinajstić information content (AvgIpc) is 2.73. The van der Waals surface area contributed by atoms with E-state index in [2.05, 4.69) is 64.8 Å². The summed E-state index contributed by atoms with van der Waals surface area (Å²) in [6.45, 7) is 13.8. The minimum absolute atomic E-state index is 0.727. The number of hydrogen-bond donors (Lipinski definition) is 2. The molecule has 0 bridgehead atoms. The number of hydrogen-bond acceptors (Lipinski definition) is 4. The van der Waals surface area contributed by atoms with E-state index in [1.165, 1.54) is 42.8 Å². The first-order valence-corrected chi connectivity index (χ1v) is 12.2. The molecule has 0 aromatic heterocycles. The van der Waals surface area contributed by atoms with Crippen LogP contribution in [0.25, 0.3) is 0 Å². The lowest BCUT2D eigenvalue weighted by Crippen LogP contribution is -2.45. The average molecular weight is 406 g/mol. The first-order valence-electron chi connectivity index (χ1n) is 10.8. The van der Waals surface area contributed by atoms with Crippen molar-refractivity contribution in [3.63, 3.8) is 0 Å². The van der Waals surface area contributed by atoms with Gasteiger partial charge in [-0.25, -0.2) is 4.99 Å². The lowest BCUT2D eigenvalue weighted by molar-refractivity contribution is 0.131. The molecule has 1 saturated heterocycles. The van der Waals surface area contributed by atoms with Crippen LogP contribution in [0.5, 0.6) is 0 Å². The molecule has 2 rings (SSSR count). The summed E-state index contributed by atoms with van der Waals surface area (Å²) < 4.78 is 0. The van der Waals surface area contributed by atoms with Crippen LogP contribution in [0.2, 0.25) is 0 Å². The van der Waals surface area contributed by atoms with E-state index in [0.29, 0.717) is 0 Å². The summed E-state index contributed by atoms with van der Waals surface area (Å²) >= 11 is 1.92. The summed E-state index contributed by atoms with van der Waals surface area (Å²) in [5, 5.41) is 6.85. The van der Waals surface area contributed by atoms with Gasteiger partial charge in [0.05, 0.1) is 6.54 Å². The van der Waals surface area contributed by atoms with Crippen molar-refractivity contribution < 1.29 is 0 Å². The van der Waals surface area contributed by atoms with Crippen LogP contribution < -0.4 is 10.6 Å². The van der Waals surface area contributed by atoms with Crippen molar-refractivity contribution >= 4 is 17.7 Å². The Morgan fingerprint density at radius 2 is 1.71 bits per heavy atom. The Morgan fingerprint density at radius 1 is 1.00 bits per heavy atom. The molecular weight excluding hydrogens is 366 g/mol. The maximum Gasteiger partial charge on any atom is 0.191 e. The summed E-state index contributed by atoms with van der Waals surface area (Å²) in [5.41, 5.74) is 2.74. The van der Waals surface area contributed by atoms with Gasteiger partial charge in [-0.3, -0.25) is 4.90 Å². The van der Waals surface area contributed by atoms with E-state index < -0.39 is 0 Å². The van der Waals surface area contributed by atoms with Crippen molar-refractivity contribution in [2.75, 3.05) is 57.8 Å². The van der Waals surface area contributed by atoms with E-state index in [-0.39, 0.29) is 0 Å². The standard InChI is InChI=1S/C22H39N5S/c1-4-23-22(24-12-8-9-17-28-3)25-18-20-10-6-7-11-21(20)19-27-15-13-26(5-2)14-16-27/h6-7,10-11H,4-5,8-9,12-19H2,1-3H3,(H2,23,24,25). The number of aliphatic imine (C=N–C) groups is 1. The molecule has 6 heteroatoms. The molecule has 0 aliphatic carbocycles. The molecule has 1 aliphatic rings. The molecule has 1 fully saturated rings. The van der Waals surface area contributed by atoms with Crippen LogP contribution in [0.15, 0.2) is 29.3 Å². The highest BCUT2D eigenvalue weighted by atomic mass is 32.2. The van der Waals surface area contributed by atoms with E-state index in [0.717, 1.165) is 51.8 Å². The van der Waals surface area contributed by atoms with Crippen LogP contribution in [-0.2, 0) is 13.1 Å². The van der Waals surface area contributed by atoms with Gasteiger partial charge in [0.1, 0.15) is 0 Å². The third kappa shape index (κ3) is 8.41. The monoisotopic (exact) mass is 405 g/mol. The zero-order valence-corrected chi connectivity index (χ0v) is 18.9. The highest BCUT2D eigenvalue weighted by molar-refractivity contribution is 7.98. The summed E-state index contributed by atoms with van der Waals surface area (Å²) in [6.07, 6.45) is 4.60. The molecule has 0 radical (unpaired) electrons. The molecule has 0 unspecified atom stereocenters. The normalized spacial score (nSPS) is 16.3. The molecule has 1 aromatic rings. The fourth-order valence-corrected chi connectivity index (χ4v) is 3.95. The van der Waals surface area contributed by atoms with Gasteiger partial charge in [-0.2, -0.15) is 11.8 Å². The molecule has 0 atom stereocenters. The molecule has 0 saturated carbocycles. The van der Waals surface area contributed by atoms with Crippen molar-refractivity contribution in [3.05, 3.63) is 35.4 Å². The fraction of sp³-hybridized carbons (Fsp3) is 0.682. The smallest absolute Gasteiger partial charge is 0.191 e. The number of nitrogens with one attached hydrogen (secondary N) is 2. The number of piperazine rings is 1. The van der Waals surface area contributed by atoms with Gasteiger partial charge in [0.25, 0.3) is 0 Å². The Bertz CT molecular complexity index is 570. The molecule has 2 N–H and O–H groups in total. The van der Waals surface area contributed by atoms with Crippen LogP contribution in [0.3, 0.4) is 0 Å². The first kappa shape index (κ1) is 23.0. The topological polar surface area (TPSA) is 42.9 Å². The molecule has 28 heavy (non-hydrogen) atoms. The third-order valence-electron chi connectivity index (χ3n) is 5.24. The fourth-order valence-electron chi connectivity index (χ4n) is 3.45. The number of thioether (sulfide) groups is 1. The highest BCUT2D eigenvalue weighted by Gasteiger charge is 2.16. The van der Waals surface area contributed by atoms with Gasteiger partial charge >= 0.3 is 0 Å². The van der Waals surface area contributed by atoms with Gasteiger partial charge in [0, 0.05) is 45.8 Å². The number of benzene rings is 1. The van der Waals surface area contributed by atoms with E-state index in [9.17, 15) is 0 Å². The van der Waals surface area contributed by atoms with Crippen LogP contribution in [-0.4, -0.2) is 73.6 Å². The molecule has 5 nitrogen and oxygen atoms in total. The van der Waals surface area contributed by atoms with Crippen molar-refractivity contribution in [1.82, 2.24) is 20.4 Å². The van der Waals surface area contributed by atoms with Gasteiger partial charge in [0.15, 0.2) is 5.96 Å². The Balaban J connectivity index is 1.89. The summed E-state index contributed by atoms with van der Waals surface area (Å²) in [7, 11) is 0. The van der Waals surface area contributed by atoms with Gasteiger partial charge in [-0.15, -0.1) is 0 Å². The van der Waals surface area contributed by atoms with Gasteiger partial charge in [-0.05, 0) is 49.4 Å². The second-order valence-electron chi connectivity index (χ2n) is 7.30. The molecule has 158 valence electrons. The largest absolute Gasteiger partial charge is 0.357 e. The number of rotatable bonds is 11. The SMILES string of the molecule is CCNC(=NCc1ccccc1CN1CCN(CC)CC1)NCCCCSC. The van der Waals surface area contributed by atoms with Crippen molar-refractivity contribution in [2.24, 2.45) is 4.99 Å². The second kappa shape index (κ2) is 13.9. The predicted molar refractivity (Wildman–Crippen MR) is 124 cm³/mol. The molecule has 1 aromatic carbocycles. The molecule has 1 heterocycles. The number of unbranched alkanes of at least 4 members (excludes halogenated alkanes) is 1. The van der Waals surface area contributed by atoms with Crippen molar-refractivity contribution in [1.29, 1.82) is 0 Å². The second-order valence-corrected chi connectivity index (χ2v) is 8.29. The molecule has 0 amide bonds. The number of likely N-dealkylation sites (N-methyl/N-ethyl adjacent to an activating group) is 1. The first-order chi connectivity index (χ1) is 13.8. The maximum absolute atomic E-state index is 4.84. The van der Waals surface area contributed by atoms with Crippen molar-refractivity contribution in [3.8, 4) is 0 Å². The molecule has 0 spiro atoms. The molecule has 1 aliphatic heterocycles. The summed E-state index contributed by atoms with van der Waals surface area (Å²) in [6, 6.07) is 8.77. The van der Waals surface area contributed by atoms with Crippen LogP contribution in [0.4, 0.5) is 0 Å². The van der Waals surface area contributed by atoms with Crippen LogP contribution in [0, 0.1) is 0 Å². The van der Waals surface area contributed by atoms with Crippen LogP contribution in [0.1, 0.15) is 37.8 Å². The van der Waals surface area contributed by atoms with Gasteiger partial charge < -0.3 is 15.5 Å². The van der Waals surface area contributed by atoms with E-state index in [1.54, 1.807) is 0 Å². The Morgan fingerprint density at radius 3 is 2.39 bits per heavy atom. The van der Waals surface area contributed by atoms with Gasteiger partial charge in [0.2, 0.25) is 0 Å². The quantitative estimate of drug-likeness (QED) is 0.337. The number of nitrogens with zero attached hydrogens (tertiary/aromatic N) is 3. The van der Waals surface area contributed by atoms with E-state index >= 15 is 0 Å². The van der Waals surface area contributed by atoms with Gasteiger partial charge in [-0.1, -0.05) is 31.2 Å². The van der Waals surface area contributed by atoms with Crippen LogP contribution >= 0.6 is 11.8 Å². The Kier molecular flexibility index (Phi) is 11.4. The summed E-state index contributed by atoms with van der Waals surface area (Å²) in [4.78, 5) is 9.94. The lowest BCUT2D eigenvalue weighted by Gasteiger charge is -2.34. The highest BCUT2D eigenvalue weighted by Crippen LogP contribution is 2.14. The minimum atomic E-state index is 0.727. The zero-order chi connectivity index (χ0) is 20.0. The predicted octanol–water partition coefficient (Wildman–Crippen LogP) is 3.02. The third-order valence-corrected chi connectivity index (χ3v) is 5.94.